The molecular formula is C16H23N7. The summed E-state index contributed by atoms with van der Waals surface area (Å²) >= 11 is 0. The first-order chi connectivity index (χ1) is 11.4. The molecule has 0 spiro atoms. The van der Waals surface area contributed by atoms with Crippen molar-refractivity contribution in [3.05, 3.63) is 30.7 Å². The second-order valence-electron chi connectivity index (χ2n) is 5.54. The van der Waals surface area contributed by atoms with Crippen LogP contribution in [-0.4, -0.2) is 52.7 Å². The molecule has 23 heavy (non-hydrogen) atoms. The molecule has 0 bridgehead atoms. The summed E-state index contributed by atoms with van der Waals surface area (Å²) in [7, 11) is 0. The van der Waals surface area contributed by atoms with E-state index in [9.17, 15) is 0 Å². The number of aromatic nitrogens is 4. The molecule has 0 atom stereocenters. The predicted octanol–water partition coefficient (Wildman–Crippen LogP) is 1.81. The van der Waals surface area contributed by atoms with Crippen LogP contribution in [0.25, 0.3) is 0 Å². The second-order valence-corrected chi connectivity index (χ2v) is 5.54. The predicted molar refractivity (Wildman–Crippen MR) is 91.9 cm³/mol. The minimum absolute atomic E-state index is 0.713. The molecule has 1 aliphatic rings. The summed E-state index contributed by atoms with van der Waals surface area (Å²) in [5, 5.41) is 3.28. The lowest BCUT2D eigenvalue weighted by atomic mass is 10.3. The number of nitrogens with one attached hydrogen (secondary N) is 1. The van der Waals surface area contributed by atoms with Gasteiger partial charge in [0.05, 0.1) is 0 Å². The first-order valence-electron chi connectivity index (χ1n) is 8.20. The van der Waals surface area contributed by atoms with E-state index in [1.807, 2.05) is 18.3 Å². The lowest BCUT2D eigenvalue weighted by Gasteiger charge is -2.35. The van der Waals surface area contributed by atoms with Crippen LogP contribution in [0.15, 0.2) is 30.7 Å². The van der Waals surface area contributed by atoms with Gasteiger partial charge in [-0.15, -0.1) is 0 Å². The van der Waals surface area contributed by atoms with Crippen LogP contribution in [-0.2, 0) is 0 Å². The van der Waals surface area contributed by atoms with Crippen LogP contribution in [0.5, 0.6) is 0 Å². The van der Waals surface area contributed by atoms with Crippen LogP contribution in [0.4, 0.5) is 17.7 Å². The molecule has 7 heteroatoms. The average molecular weight is 313 g/mol. The van der Waals surface area contributed by atoms with Crippen molar-refractivity contribution >= 4 is 17.7 Å². The Hall–Kier alpha value is -2.44. The van der Waals surface area contributed by atoms with Crippen LogP contribution in [0.1, 0.15) is 19.8 Å². The fourth-order valence-electron chi connectivity index (χ4n) is 2.58. The van der Waals surface area contributed by atoms with E-state index in [4.69, 9.17) is 0 Å². The Balaban J connectivity index is 1.58. The van der Waals surface area contributed by atoms with E-state index < -0.39 is 0 Å². The molecule has 0 amide bonds. The van der Waals surface area contributed by atoms with Crippen molar-refractivity contribution in [2.75, 3.05) is 47.8 Å². The molecule has 7 nitrogen and oxygen atoms in total. The molecule has 122 valence electrons. The van der Waals surface area contributed by atoms with Gasteiger partial charge in [0.25, 0.3) is 0 Å². The van der Waals surface area contributed by atoms with Gasteiger partial charge in [-0.05, 0) is 18.6 Å². The third-order valence-corrected chi connectivity index (χ3v) is 3.89. The number of hydrogen-bond acceptors (Lipinski definition) is 7. The summed E-state index contributed by atoms with van der Waals surface area (Å²) in [4.78, 5) is 22.0. The standard InChI is InChI=1S/C16H23N7/c1-2-3-6-17-15-18-9-5-14(21-15)22-10-12-23(13-11-22)16-19-7-4-8-20-16/h4-5,7-9H,2-3,6,10-13H2,1H3,(H,17,18,21). The summed E-state index contributed by atoms with van der Waals surface area (Å²) in [6, 6.07) is 3.81. The molecule has 0 radical (unpaired) electrons. The van der Waals surface area contributed by atoms with Gasteiger partial charge in [-0.3, -0.25) is 0 Å². The zero-order valence-electron chi connectivity index (χ0n) is 13.5. The molecule has 1 aliphatic heterocycles. The molecule has 3 heterocycles. The van der Waals surface area contributed by atoms with Gasteiger partial charge in [0, 0.05) is 51.3 Å². The first-order valence-corrected chi connectivity index (χ1v) is 8.20. The van der Waals surface area contributed by atoms with E-state index in [0.717, 1.165) is 57.3 Å². The molecule has 0 unspecified atom stereocenters. The van der Waals surface area contributed by atoms with Crippen LogP contribution in [0, 0.1) is 0 Å². The van der Waals surface area contributed by atoms with Crippen molar-refractivity contribution in [3.8, 4) is 0 Å². The maximum Gasteiger partial charge on any atom is 0.225 e. The molecule has 1 saturated heterocycles. The monoisotopic (exact) mass is 313 g/mol. The lowest BCUT2D eigenvalue weighted by Crippen LogP contribution is -2.47. The van der Waals surface area contributed by atoms with Crippen molar-refractivity contribution in [3.63, 3.8) is 0 Å². The number of rotatable bonds is 6. The Morgan fingerprint density at radius 1 is 1.00 bits per heavy atom. The van der Waals surface area contributed by atoms with Gasteiger partial charge >= 0.3 is 0 Å². The highest BCUT2D eigenvalue weighted by atomic mass is 15.3. The Morgan fingerprint density at radius 3 is 2.48 bits per heavy atom. The molecule has 0 saturated carbocycles. The topological polar surface area (TPSA) is 70.1 Å². The third kappa shape index (κ3) is 4.06. The zero-order valence-corrected chi connectivity index (χ0v) is 13.5. The SMILES string of the molecule is CCCCNc1nccc(N2CCN(c3ncccn3)CC2)n1. The maximum atomic E-state index is 4.62. The minimum atomic E-state index is 0.713. The Kier molecular flexibility index (Phi) is 5.18. The van der Waals surface area contributed by atoms with Crippen LogP contribution in [0.3, 0.4) is 0 Å². The summed E-state index contributed by atoms with van der Waals surface area (Å²) in [5.41, 5.74) is 0. The van der Waals surface area contributed by atoms with Crippen LogP contribution in [0.2, 0.25) is 0 Å². The van der Waals surface area contributed by atoms with Crippen LogP contribution < -0.4 is 15.1 Å². The Labute approximate surface area is 136 Å². The molecule has 1 N–H and O–H groups in total. The molecule has 3 rings (SSSR count). The van der Waals surface area contributed by atoms with E-state index in [2.05, 4.69) is 42.0 Å². The quantitative estimate of drug-likeness (QED) is 0.815. The average Bonchev–Trinajstić information content (AvgIpc) is 2.63. The summed E-state index contributed by atoms with van der Waals surface area (Å²) in [6.07, 6.45) is 7.68. The summed E-state index contributed by atoms with van der Waals surface area (Å²) in [5.74, 6) is 2.49. The lowest BCUT2D eigenvalue weighted by molar-refractivity contribution is 0.634. The van der Waals surface area contributed by atoms with Gasteiger partial charge in [0.2, 0.25) is 11.9 Å². The van der Waals surface area contributed by atoms with Gasteiger partial charge in [-0.2, -0.15) is 4.98 Å². The van der Waals surface area contributed by atoms with Gasteiger partial charge in [0.15, 0.2) is 0 Å². The van der Waals surface area contributed by atoms with Crippen molar-refractivity contribution in [2.24, 2.45) is 0 Å². The number of hydrogen-bond donors (Lipinski definition) is 1. The van der Waals surface area contributed by atoms with E-state index in [1.165, 1.54) is 0 Å². The highest BCUT2D eigenvalue weighted by Gasteiger charge is 2.19. The molecule has 2 aromatic heterocycles. The molecule has 2 aromatic rings. The van der Waals surface area contributed by atoms with Crippen LogP contribution >= 0.6 is 0 Å². The van der Waals surface area contributed by atoms with Crippen molar-refractivity contribution in [2.45, 2.75) is 19.8 Å². The molecular weight excluding hydrogens is 290 g/mol. The van der Waals surface area contributed by atoms with E-state index >= 15 is 0 Å². The third-order valence-electron chi connectivity index (χ3n) is 3.89. The van der Waals surface area contributed by atoms with Crippen molar-refractivity contribution in [1.82, 2.24) is 19.9 Å². The van der Waals surface area contributed by atoms with E-state index in [1.54, 1.807) is 12.4 Å². The number of unbranched alkanes of at least 4 members (excludes halogenated alkanes) is 1. The number of piperazine rings is 1. The number of anilines is 3. The van der Waals surface area contributed by atoms with E-state index in [0.29, 0.717) is 5.95 Å². The molecule has 0 aliphatic carbocycles. The van der Waals surface area contributed by atoms with Gasteiger partial charge in [-0.25, -0.2) is 15.0 Å². The van der Waals surface area contributed by atoms with Gasteiger partial charge in [0.1, 0.15) is 5.82 Å². The minimum Gasteiger partial charge on any atom is -0.354 e. The Bertz CT molecular complexity index is 596. The number of nitrogens with zero attached hydrogens (tertiary/aromatic N) is 6. The largest absolute Gasteiger partial charge is 0.354 e. The van der Waals surface area contributed by atoms with E-state index in [-0.39, 0.29) is 0 Å². The Morgan fingerprint density at radius 2 is 1.74 bits per heavy atom. The molecule has 1 fully saturated rings. The normalized spacial score (nSPS) is 14.8. The summed E-state index contributed by atoms with van der Waals surface area (Å²) in [6.45, 7) is 6.69. The second kappa shape index (κ2) is 7.71. The summed E-state index contributed by atoms with van der Waals surface area (Å²) < 4.78 is 0. The van der Waals surface area contributed by atoms with Gasteiger partial charge < -0.3 is 15.1 Å². The van der Waals surface area contributed by atoms with Crippen molar-refractivity contribution in [1.29, 1.82) is 0 Å². The highest BCUT2D eigenvalue weighted by molar-refractivity contribution is 5.45. The zero-order chi connectivity index (χ0) is 15.9. The smallest absolute Gasteiger partial charge is 0.225 e. The fraction of sp³-hybridized carbons (Fsp3) is 0.500. The highest BCUT2D eigenvalue weighted by Crippen LogP contribution is 2.16. The molecule has 0 aromatic carbocycles. The first kappa shape index (κ1) is 15.5. The fourth-order valence-corrected chi connectivity index (χ4v) is 2.58. The van der Waals surface area contributed by atoms with Crippen molar-refractivity contribution < 1.29 is 0 Å². The van der Waals surface area contributed by atoms with Gasteiger partial charge in [-0.1, -0.05) is 13.3 Å². The maximum absolute atomic E-state index is 4.62.